The molecule has 17 nitrogen and oxygen atoms in total. The van der Waals surface area contributed by atoms with Crippen LogP contribution in [0.5, 0.6) is 11.5 Å². The molecule has 0 bridgehead atoms. The molecule has 2 unspecified atom stereocenters. The van der Waals surface area contributed by atoms with Crippen LogP contribution in [0.2, 0.25) is 0 Å². The van der Waals surface area contributed by atoms with E-state index in [4.69, 9.17) is 19.4 Å². The van der Waals surface area contributed by atoms with Gasteiger partial charge in [0.05, 0.1) is 30.6 Å². The summed E-state index contributed by atoms with van der Waals surface area (Å²) in [4.78, 5) is 66.9. The van der Waals surface area contributed by atoms with E-state index in [9.17, 15) is 32.7 Å². The number of thiazole rings is 1. The van der Waals surface area contributed by atoms with Crippen LogP contribution in [-0.2, 0) is 24.4 Å². The molecule has 5 heterocycles. The SMILES string of the molecule is COc1ccc2c(O[C@@H]3C[C@H]4C(=O)N[C@]5(C(=O)O)CC5/C=C\CCCCC[C@H](NC(=O)NC(CN5CCCCS5(=O)=O)C5CC5)C(=O)N4C3)cc(-c3csc(NC(C)C)n3)nc2c1. The van der Waals surface area contributed by atoms with Crippen molar-refractivity contribution < 1.29 is 42.2 Å². The molecule has 0 spiro atoms. The first-order valence-electron chi connectivity index (χ1n) is 22.2. The molecule has 2 saturated carbocycles. The average Bonchev–Trinajstić information content (AvgIpc) is 4.12. The zero-order chi connectivity index (χ0) is 44.5. The Kier molecular flexibility index (Phi) is 13.2. The summed E-state index contributed by atoms with van der Waals surface area (Å²) in [5, 5.41) is 25.8. The summed E-state index contributed by atoms with van der Waals surface area (Å²) < 4.78 is 39.5. The molecule has 3 aliphatic heterocycles. The van der Waals surface area contributed by atoms with Crippen LogP contribution in [0.4, 0.5) is 9.93 Å². The molecule has 4 fully saturated rings. The van der Waals surface area contributed by atoms with Crippen LogP contribution >= 0.6 is 11.3 Å². The van der Waals surface area contributed by atoms with Crippen LogP contribution in [0.15, 0.2) is 41.8 Å². The number of carbonyl (C=O) groups excluding carboxylic acids is 3. The molecule has 3 aromatic rings. The minimum atomic E-state index is -3.42. The maximum Gasteiger partial charge on any atom is 0.330 e. The first-order valence-corrected chi connectivity index (χ1v) is 24.7. The fourth-order valence-corrected chi connectivity index (χ4v) is 11.5. The number of anilines is 1. The van der Waals surface area contributed by atoms with Crippen LogP contribution in [0.3, 0.4) is 0 Å². The Balaban J connectivity index is 1.08. The predicted octanol–water partition coefficient (Wildman–Crippen LogP) is 4.89. The number of aliphatic carboxylic acids is 1. The molecular formula is C44H58N8O9S2. The number of benzene rings is 1. The van der Waals surface area contributed by atoms with Crippen molar-refractivity contribution in [1.82, 2.24) is 35.1 Å². The van der Waals surface area contributed by atoms with E-state index < -0.39 is 63.6 Å². The second-order valence-corrected chi connectivity index (χ2v) is 20.8. The third-order valence-electron chi connectivity index (χ3n) is 12.7. The van der Waals surface area contributed by atoms with Crippen molar-refractivity contribution in [2.75, 3.05) is 37.8 Å². The second kappa shape index (κ2) is 18.6. The van der Waals surface area contributed by atoms with Crippen molar-refractivity contribution >= 4 is 61.2 Å². The molecule has 1 aromatic carbocycles. The molecule has 63 heavy (non-hydrogen) atoms. The molecular weight excluding hydrogens is 849 g/mol. The number of fused-ring (bicyclic) bond motifs is 3. The number of rotatable bonds is 12. The number of carbonyl (C=O) groups is 4. The molecule has 2 aliphatic carbocycles. The minimum absolute atomic E-state index is 0.0217. The van der Waals surface area contributed by atoms with Gasteiger partial charge in [-0.05, 0) is 83.3 Å². The molecule has 340 valence electrons. The van der Waals surface area contributed by atoms with E-state index in [1.807, 2.05) is 37.4 Å². The molecule has 5 N–H and O–H groups in total. The second-order valence-electron chi connectivity index (χ2n) is 17.8. The van der Waals surface area contributed by atoms with Gasteiger partial charge >= 0.3 is 12.0 Å². The summed E-state index contributed by atoms with van der Waals surface area (Å²) in [5.41, 5.74) is 0.273. The Hall–Kier alpha value is -5.01. The van der Waals surface area contributed by atoms with Crippen molar-refractivity contribution in [3.8, 4) is 22.9 Å². The Bertz CT molecular complexity index is 2350. The van der Waals surface area contributed by atoms with E-state index in [0.29, 0.717) is 66.0 Å². The van der Waals surface area contributed by atoms with Gasteiger partial charge in [-0.15, -0.1) is 11.3 Å². The normalized spacial score (nSPS) is 27.5. The third-order valence-corrected chi connectivity index (χ3v) is 15.4. The monoisotopic (exact) mass is 906 g/mol. The lowest BCUT2D eigenvalue weighted by Crippen LogP contribution is -2.58. The van der Waals surface area contributed by atoms with Gasteiger partial charge in [-0.3, -0.25) is 9.59 Å². The fraction of sp³-hybridized carbons (Fsp3) is 0.591. The maximum atomic E-state index is 14.9. The van der Waals surface area contributed by atoms with E-state index >= 15 is 0 Å². The van der Waals surface area contributed by atoms with E-state index in [2.05, 4.69) is 21.3 Å². The van der Waals surface area contributed by atoms with Crippen molar-refractivity contribution in [2.45, 2.75) is 120 Å². The first-order chi connectivity index (χ1) is 30.2. The topological polar surface area (TPSA) is 221 Å². The largest absolute Gasteiger partial charge is 0.497 e. The van der Waals surface area contributed by atoms with E-state index in [1.54, 1.807) is 25.3 Å². The van der Waals surface area contributed by atoms with E-state index in [1.165, 1.54) is 20.5 Å². The maximum absolute atomic E-state index is 14.9. The van der Waals surface area contributed by atoms with Crippen LogP contribution in [0, 0.1) is 11.8 Å². The molecule has 4 amide bonds. The lowest BCUT2D eigenvalue weighted by atomic mass is 10.0. The quantitative estimate of drug-likeness (QED) is 0.154. The van der Waals surface area contributed by atoms with Crippen LogP contribution in [-0.4, -0.2) is 125 Å². The van der Waals surface area contributed by atoms with E-state index in [0.717, 1.165) is 37.2 Å². The molecule has 0 radical (unpaired) electrons. The number of ether oxygens (including phenoxy) is 2. The number of carboxylic acids is 1. The highest BCUT2D eigenvalue weighted by Gasteiger charge is 2.61. The lowest BCUT2D eigenvalue weighted by Gasteiger charge is -2.32. The molecule has 5 aliphatic rings. The van der Waals surface area contributed by atoms with Crippen molar-refractivity contribution in [1.29, 1.82) is 0 Å². The van der Waals surface area contributed by atoms with Gasteiger partial charge in [-0.25, -0.2) is 28.0 Å². The number of amides is 4. The summed E-state index contributed by atoms with van der Waals surface area (Å²) in [6.07, 6.45) is 9.65. The highest BCUT2D eigenvalue weighted by molar-refractivity contribution is 7.89. The number of aromatic nitrogens is 2. The number of nitrogens with zero attached hydrogens (tertiary/aromatic N) is 4. The number of urea groups is 1. The molecule has 19 heteroatoms. The number of hydrogen-bond donors (Lipinski definition) is 5. The highest BCUT2D eigenvalue weighted by atomic mass is 32.2. The molecule has 2 saturated heterocycles. The van der Waals surface area contributed by atoms with Gasteiger partial charge in [-0.1, -0.05) is 25.0 Å². The highest BCUT2D eigenvalue weighted by Crippen LogP contribution is 2.46. The van der Waals surface area contributed by atoms with Crippen molar-refractivity contribution in [3.63, 3.8) is 0 Å². The average molecular weight is 907 g/mol. The van der Waals surface area contributed by atoms with Crippen LogP contribution in [0.1, 0.15) is 84.5 Å². The molecule has 2 aromatic heterocycles. The first kappa shape index (κ1) is 44.6. The zero-order valence-electron chi connectivity index (χ0n) is 36.0. The lowest BCUT2D eigenvalue weighted by molar-refractivity contribution is -0.145. The van der Waals surface area contributed by atoms with Gasteiger partial charge in [0.2, 0.25) is 21.8 Å². The Labute approximate surface area is 371 Å². The summed E-state index contributed by atoms with van der Waals surface area (Å²) in [6, 6.07) is 4.26. The Morgan fingerprint density at radius 3 is 2.63 bits per heavy atom. The number of carboxylic acid groups (broad SMARTS) is 1. The van der Waals surface area contributed by atoms with Gasteiger partial charge in [0, 0.05) is 60.4 Å². The summed E-state index contributed by atoms with van der Waals surface area (Å²) in [6.45, 7) is 4.61. The number of methoxy groups -OCH3 is 1. The van der Waals surface area contributed by atoms with Crippen molar-refractivity contribution in [2.24, 2.45) is 11.8 Å². The van der Waals surface area contributed by atoms with Crippen molar-refractivity contribution in [3.05, 3.63) is 41.8 Å². The van der Waals surface area contributed by atoms with Gasteiger partial charge in [-0.2, -0.15) is 4.31 Å². The van der Waals surface area contributed by atoms with E-state index in [-0.39, 0.29) is 49.6 Å². The Morgan fingerprint density at radius 1 is 1.06 bits per heavy atom. The molecule has 6 atom stereocenters. The van der Waals surface area contributed by atoms with Gasteiger partial charge in [0.25, 0.3) is 0 Å². The third kappa shape index (κ3) is 10.2. The van der Waals surface area contributed by atoms with Gasteiger partial charge < -0.3 is 40.7 Å². The summed E-state index contributed by atoms with van der Waals surface area (Å²) in [5.74, 6) is -1.37. The zero-order valence-corrected chi connectivity index (χ0v) is 37.6. The van der Waals surface area contributed by atoms with Crippen LogP contribution in [0.25, 0.3) is 22.3 Å². The minimum Gasteiger partial charge on any atom is -0.497 e. The van der Waals surface area contributed by atoms with Gasteiger partial charge in [0.15, 0.2) is 5.13 Å². The smallest absolute Gasteiger partial charge is 0.330 e. The predicted molar refractivity (Wildman–Crippen MR) is 238 cm³/mol. The Morgan fingerprint density at radius 2 is 1.89 bits per heavy atom. The summed E-state index contributed by atoms with van der Waals surface area (Å²) >= 11 is 1.45. The number of nitrogens with one attached hydrogen (secondary N) is 4. The standard InChI is InChI=1S/C44H58N8O9S2/c1-26(2)45-43-49-36(25-62-43)34-21-38(31-16-15-29(60-3)19-33(31)46-34)61-30-20-37-39(53)50-44(41(55)56)22-28(44)11-7-5-4-6-8-12-32(40(54)52(37)23-30)47-42(57)48-35(27-13-14-27)24-51-17-9-10-18-63(51,58)59/h7,11,15-16,19,21,25-28,30,32,35,37H,4-6,8-10,12-14,17-18,20,22-24H2,1-3H3,(H,45,49)(H,50,53)(H,55,56)(H2,47,48,57)/b11-7-/t28?,30-,32+,35?,37+,44-/m1/s1. The number of pyridine rings is 1. The molecule has 8 rings (SSSR count). The fourth-order valence-electron chi connectivity index (χ4n) is 9.01. The van der Waals surface area contributed by atoms with Crippen LogP contribution < -0.4 is 30.7 Å². The van der Waals surface area contributed by atoms with Gasteiger partial charge in [0.1, 0.15) is 40.9 Å². The number of hydrogen-bond acceptors (Lipinski definition) is 12. The number of sulfonamides is 1. The summed E-state index contributed by atoms with van der Waals surface area (Å²) in [7, 11) is -1.85. The number of allylic oxidation sites excluding steroid dienone is 1.